The number of carboxylic acid groups (broad SMARTS) is 1. The molecule has 19 heavy (non-hydrogen) atoms. The lowest BCUT2D eigenvalue weighted by molar-refractivity contribution is 0.0691. The Morgan fingerprint density at radius 2 is 2.16 bits per heavy atom. The Hall–Kier alpha value is -1.60. The molecule has 0 spiro atoms. The summed E-state index contributed by atoms with van der Waals surface area (Å²) in [6.07, 6.45) is 2.18. The van der Waals surface area contributed by atoms with Crippen molar-refractivity contribution in [2.45, 2.75) is 17.7 Å². The van der Waals surface area contributed by atoms with E-state index in [2.05, 4.69) is 4.72 Å². The second-order valence-electron chi connectivity index (χ2n) is 4.43. The van der Waals surface area contributed by atoms with Gasteiger partial charge in [-0.1, -0.05) is 0 Å². The molecule has 0 saturated heterocycles. The molecule has 1 saturated carbocycles. The van der Waals surface area contributed by atoms with Crippen molar-refractivity contribution >= 4 is 16.0 Å². The number of aromatic carboxylic acids is 1. The van der Waals surface area contributed by atoms with Crippen LogP contribution in [0.2, 0.25) is 0 Å². The van der Waals surface area contributed by atoms with Crippen LogP contribution in [0.15, 0.2) is 23.1 Å². The summed E-state index contributed by atoms with van der Waals surface area (Å²) in [6.45, 7) is 0.471. The number of sulfonamides is 1. The fourth-order valence-corrected chi connectivity index (χ4v) is 2.34. The van der Waals surface area contributed by atoms with Crippen molar-refractivity contribution in [1.82, 2.24) is 4.72 Å². The summed E-state index contributed by atoms with van der Waals surface area (Å²) in [6, 6.07) is 3.83. The van der Waals surface area contributed by atoms with Gasteiger partial charge in [-0.2, -0.15) is 0 Å². The summed E-state index contributed by atoms with van der Waals surface area (Å²) in [5.74, 6) is -0.518. The van der Waals surface area contributed by atoms with Crippen LogP contribution >= 0.6 is 0 Å². The summed E-state index contributed by atoms with van der Waals surface area (Å²) in [4.78, 5) is 11.1. The number of rotatable bonds is 6. The minimum Gasteiger partial charge on any atom is -0.492 e. The van der Waals surface area contributed by atoms with Gasteiger partial charge in [0.15, 0.2) is 0 Å². The smallest absolute Gasteiger partial charge is 0.339 e. The highest BCUT2D eigenvalue weighted by atomic mass is 32.2. The average molecular weight is 285 g/mol. The van der Waals surface area contributed by atoms with Crippen molar-refractivity contribution in [2.75, 3.05) is 13.7 Å². The first-order valence-electron chi connectivity index (χ1n) is 5.87. The number of hydrogen-bond donors (Lipinski definition) is 2. The van der Waals surface area contributed by atoms with Gasteiger partial charge in [0, 0.05) is 0 Å². The molecular formula is C12H15NO5S. The Kier molecular flexibility index (Phi) is 3.77. The van der Waals surface area contributed by atoms with Gasteiger partial charge in [-0.25, -0.2) is 17.9 Å². The minimum absolute atomic E-state index is 0.0915. The monoisotopic (exact) mass is 285 g/mol. The van der Waals surface area contributed by atoms with E-state index >= 15 is 0 Å². The van der Waals surface area contributed by atoms with Crippen LogP contribution in [0.3, 0.4) is 0 Å². The lowest BCUT2D eigenvalue weighted by Crippen LogP contribution is -2.19. The molecule has 0 bridgehead atoms. The zero-order chi connectivity index (χ0) is 14.0. The van der Waals surface area contributed by atoms with Gasteiger partial charge >= 0.3 is 5.97 Å². The standard InChI is InChI=1S/C12H15NO5S/c1-13-19(16,17)9-4-5-11(10(6-9)12(14)15)18-7-8-2-3-8/h4-6,8,13H,2-3,7H2,1H3,(H,14,15). The second-order valence-corrected chi connectivity index (χ2v) is 6.31. The van der Waals surface area contributed by atoms with Gasteiger partial charge in [-0.05, 0) is 44.0 Å². The molecule has 1 aliphatic carbocycles. The third-order valence-electron chi connectivity index (χ3n) is 2.93. The van der Waals surface area contributed by atoms with Crippen molar-refractivity contribution in [2.24, 2.45) is 5.92 Å². The summed E-state index contributed by atoms with van der Waals surface area (Å²) in [5, 5.41) is 9.11. The van der Waals surface area contributed by atoms with Gasteiger partial charge in [0.05, 0.1) is 11.5 Å². The fraction of sp³-hybridized carbons (Fsp3) is 0.417. The maximum absolute atomic E-state index is 11.6. The Bertz CT molecular complexity index is 592. The van der Waals surface area contributed by atoms with E-state index in [0.29, 0.717) is 12.5 Å². The molecule has 2 N–H and O–H groups in total. The molecule has 7 heteroatoms. The van der Waals surface area contributed by atoms with Crippen LogP contribution in [0.5, 0.6) is 5.75 Å². The molecule has 0 heterocycles. The van der Waals surface area contributed by atoms with Crippen LogP contribution in [-0.4, -0.2) is 33.1 Å². The molecular weight excluding hydrogens is 270 g/mol. The van der Waals surface area contributed by atoms with Crippen LogP contribution in [0.1, 0.15) is 23.2 Å². The largest absolute Gasteiger partial charge is 0.492 e. The van der Waals surface area contributed by atoms with Crippen molar-refractivity contribution in [3.05, 3.63) is 23.8 Å². The van der Waals surface area contributed by atoms with Gasteiger partial charge in [-0.3, -0.25) is 0 Å². The molecule has 1 aromatic carbocycles. The van der Waals surface area contributed by atoms with E-state index in [1.54, 1.807) is 0 Å². The molecule has 1 fully saturated rings. The molecule has 1 aromatic rings. The minimum atomic E-state index is -3.66. The van der Waals surface area contributed by atoms with Crippen LogP contribution in [0, 0.1) is 5.92 Å². The van der Waals surface area contributed by atoms with E-state index in [9.17, 15) is 13.2 Å². The van der Waals surface area contributed by atoms with Crippen LogP contribution in [0.25, 0.3) is 0 Å². The zero-order valence-electron chi connectivity index (χ0n) is 10.4. The first kappa shape index (κ1) is 13.8. The Morgan fingerprint density at radius 1 is 1.47 bits per heavy atom. The van der Waals surface area contributed by atoms with Gasteiger partial charge in [-0.15, -0.1) is 0 Å². The number of carbonyl (C=O) groups is 1. The van der Waals surface area contributed by atoms with E-state index in [1.165, 1.54) is 19.2 Å². The van der Waals surface area contributed by atoms with Crippen molar-refractivity contribution < 1.29 is 23.1 Å². The second kappa shape index (κ2) is 5.18. The number of hydrogen-bond acceptors (Lipinski definition) is 4. The molecule has 0 amide bonds. The van der Waals surface area contributed by atoms with E-state index in [1.807, 2.05) is 0 Å². The van der Waals surface area contributed by atoms with E-state index in [0.717, 1.165) is 18.9 Å². The lowest BCUT2D eigenvalue weighted by atomic mass is 10.2. The predicted octanol–water partition coefficient (Wildman–Crippen LogP) is 1.08. The van der Waals surface area contributed by atoms with Gasteiger partial charge in [0.25, 0.3) is 0 Å². The van der Waals surface area contributed by atoms with Crippen molar-refractivity contribution in [3.8, 4) is 5.75 Å². The quantitative estimate of drug-likeness (QED) is 0.816. The zero-order valence-corrected chi connectivity index (χ0v) is 11.2. The highest BCUT2D eigenvalue weighted by Gasteiger charge is 2.24. The Morgan fingerprint density at radius 3 is 2.68 bits per heavy atom. The summed E-state index contributed by atoms with van der Waals surface area (Å²) in [7, 11) is -2.39. The SMILES string of the molecule is CNS(=O)(=O)c1ccc(OCC2CC2)c(C(=O)O)c1. The van der Waals surface area contributed by atoms with Crippen molar-refractivity contribution in [1.29, 1.82) is 0 Å². The Labute approximate surface area is 111 Å². The van der Waals surface area contributed by atoms with E-state index in [4.69, 9.17) is 9.84 Å². The number of carboxylic acids is 1. The first-order chi connectivity index (χ1) is 8.94. The third kappa shape index (κ3) is 3.24. The highest BCUT2D eigenvalue weighted by Crippen LogP contribution is 2.31. The predicted molar refractivity (Wildman–Crippen MR) is 67.9 cm³/mol. The maximum Gasteiger partial charge on any atom is 0.339 e. The molecule has 104 valence electrons. The molecule has 1 aliphatic rings. The topological polar surface area (TPSA) is 92.7 Å². The Balaban J connectivity index is 2.31. The molecule has 0 unspecified atom stereocenters. The number of benzene rings is 1. The van der Waals surface area contributed by atoms with Crippen LogP contribution in [-0.2, 0) is 10.0 Å². The van der Waals surface area contributed by atoms with Crippen LogP contribution < -0.4 is 9.46 Å². The summed E-state index contributed by atoms with van der Waals surface area (Å²) in [5.41, 5.74) is -0.142. The van der Waals surface area contributed by atoms with Crippen molar-refractivity contribution in [3.63, 3.8) is 0 Å². The van der Waals surface area contributed by atoms with E-state index < -0.39 is 16.0 Å². The molecule has 0 aromatic heterocycles. The normalized spacial score (nSPS) is 15.2. The molecule has 0 radical (unpaired) electrons. The summed E-state index contributed by atoms with van der Waals surface area (Å²) < 4.78 is 30.8. The van der Waals surface area contributed by atoms with E-state index in [-0.39, 0.29) is 16.2 Å². The van der Waals surface area contributed by atoms with Crippen LogP contribution in [0.4, 0.5) is 0 Å². The molecule has 0 aliphatic heterocycles. The van der Waals surface area contributed by atoms with Gasteiger partial charge < -0.3 is 9.84 Å². The number of nitrogens with one attached hydrogen (secondary N) is 1. The lowest BCUT2D eigenvalue weighted by Gasteiger charge is -2.10. The summed E-state index contributed by atoms with van der Waals surface area (Å²) >= 11 is 0. The van der Waals surface area contributed by atoms with Gasteiger partial charge in [0.2, 0.25) is 10.0 Å². The first-order valence-corrected chi connectivity index (χ1v) is 7.36. The molecule has 6 nitrogen and oxygen atoms in total. The number of ether oxygens (including phenoxy) is 1. The molecule has 0 atom stereocenters. The fourth-order valence-electron chi connectivity index (χ4n) is 1.58. The maximum atomic E-state index is 11.6. The third-order valence-corrected chi connectivity index (χ3v) is 4.34. The van der Waals surface area contributed by atoms with Gasteiger partial charge in [0.1, 0.15) is 11.3 Å². The highest BCUT2D eigenvalue weighted by molar-refractivity contribution is 7.89. The molecule has 2 rings (SSSR count). The average Bonchev–Trinajstić information content (AvgIpc) is 3.20.